The molecule has 0 aliphatic rings. The topological polar surface area (TPSA) is 40.1 Å². The minimum absolute atomic E-state index is 0.239. The van der Waals surface area contributed by atoms with Crippen LogP contribution in [0.4, 0.5) is 0 Å². The van der Waals surface area contributed by atoms with Crippen LogP contribution in [0.1, 0.15) is 11.1 Å². The molecule has 2 nitrogen and oxygen atoms in total. The lowest BCUT2D eigenvalue weighted by Gasteiger charge is -2.13. The summed E-state index contributed by atoms with van der Waals surface area (Å²) in [7, 11) is -3.47. The number of aryl methyl sites for hydroxylation is 2. The summed E-state index contributed by atoms with van der Waals surface area (Å²) in [5.41, 5.74) is 1.75. The van der Waals surface area contributed by atoms with E-state index in [1.807, 2.05) is 6.92 Å². The lowest BCUT2D eigenvalue weighted by atomic mass is 10.2. The van der Waals surface area contributed by atoms with Gasteiger partial charge in [-0.1, -0.05) is 17.7 Å². The first-order chi connectivity index (χ1) is 5.41. The second kappa shape index (κ2) is 3.12. The zero-order chi connectivity index (χ0) is 9.35. The number of rotatable bonds is 1. The molecule has 0 spiro atoms. The van der Waals surface area contributed by atoms with E-state index in [0.29, 0.717) is 5.56 Å². The predicted octanol–water partition coefficient (Wildman–Crippen LogP) is 1.54. The zero-order valence-corrected chi connectivity index (χ0v) is 8.50. The predicted molar refractivity (Wildman–Crippen MR) is 50.5 cm³/mol. The SMILES string of the molecule is Cc1ccc(S(=O)([O-])=S)c(C)c1. The normalized spacial score (nSPS) is 15.6. The van der Waals surface area contributed by atoms with Gasteiger partial charge in [0.05, 0.1) is 0 Å². The smallest absolute Gasteiger partial charge is 0.0310 e. The molecule has 0 saturated heterocycles. The van der Waals surface area contributed by atoms with Crippen LogP contribution >= 0.6 is 0 Å². The second-order valence-electron chi connectivity index (χ2n) is 2.72. The molecule has 0 aliphatic carbocycles. The molecule has 1 unspecified atom stereocenters. The van der Waals surface area contributed by atoms with Gasteiger partial charge in [0.1, 0.15) is 0 Å². The molecular formula is C8H9O2S2-. The van der Waals surface area contributed by atoms with Crippen LogP contribution in [-0.4, -0.2) is 8.76 Å². The Morgan fingerprint density at radius 3 is 2.42 bits per heavy atom. The Labute approximate surface area is 77.1 Å². The van der Waals surface area contributed by atoms with Gasteiger partial charge in [0.25, 0.3) is 0 Å². The average molecular weight is 201 g/mol. The third-order valence-electron chi connectivity index (χ3n) is 1.60. The first-order valence-electron chi connectivity index (χ1n) is 3.44. The summed E-state index contributed by atoms with van der Waals surface area (Å²) in [6.45, 7) is 3.65. The summed E-state index contributed by atoms with van der Waals surface area (Å²) in [5, 5.41) is 0. The van der Waals surface area contributed by atoms with E-state index in [9.17, 15) is 8.76 Å². The quantitative estimate of drug-likeness (QED) is 0.692. The highest BCUT2D eigenvalue weighted by atomic mass is 32.8. The Hall–Kier alpha value is -0.450. The fraction of sp³-hybridized carbons (Fsp3) is 0.250. The van der Waals surface area contributed by atoms with E-state index < -0.39 is 8.77 Å². The Balaban J connectivity index is 3.39. The van der Waals surface area contributed by atoms with Crippen LogP contribution in [0.2, 0.25) is 0 Å². The van der Waals surface area contributed by atoms with Crippen LogP contribution in [0.25, 0.3) is 0 Å². The molecule has 0 fully saturated rings. The maximum Gasteiger partial charge on any atom is 0.0310 e. The van der Waals surface area contributed by atoms with Gasteiger partial charge >= 0.3 is 0 Å². The Morgan fingerprint density at radius 1 is 1.42 bits per heavy atom. The van der Waals surface area contributed by atoms with E-state index in [1.54, 1.807) is 25.1 Å². The molecular weight excluding hydrogens is 192 g/mol. The summed E-state index contributed by atoms with van der Waals surface area (Å²) >= 11 is 4.35. The van der Waals surface area contributed by atoms with Gasteiger partial charge in [-0.15, -0.1) is 0 Å². The van der Waals surface area contributed by atoms with Crippen LogP contribution in [-0.2, 0) is 20.0 Å². The maximum absolute atomic E-state index is 11.0. The van der Waals surface area contributed by atoms with Crippen molar-refractivity contribution in [3.63, 3.8) is 0 Å². The minimum Gasteiger partial charge on any atom is -0.766 e. The van der Waals surface area contributed by atoms with Gasteiger partial charge in [-0.3, -0.25) is 4.21 Å². The van der Waals surface area contributed by atoms with Crippen molar-refractivity contribution >= 4 is 20.0 Å². The van der Waals surface area contributed by atoms with Crippen LogP contribution in [0.3, 0.4) is 0 Å². The van der Waals surface area contributed by atoms with Crippen molar-refractivity contribution in [2.24, 2.45) is 0 Å². The molecule has 0 heterocycles. The molecule has 0 aliphatic heterocycles. The molecule has 1 atom stereocenters. The molecule has 12 heavy (non-hydrogen) atoms. The molecule has 0 aromatic heterocycles. The Morgan fingerprint density at radius 2 is 2.00 bits per heavy atom. The summed E-state index contributed by atoms with van der Waals surface area (Å²) in [4.78, 5) is 0.239. The van der Waals surface area contributed by atoms with Gasteiger partial charge in [-0.05, 0) is 45.4 Å². The Bertz CT molecular complexity index is 394. The lowest BCUT2D eigenvalue weighted by Crippen LogP contribution is -1.99. The van der Waals surface area contributed by atoms with Crippen LogP contribution in [0.5, 0.6) is 0 Å². The first-order valence-corrected chi connectivity index (χ1v) is 5.85. The standard InChI is InChI=1S/C8H10O2S2/c1-6-3-4-8(7(2)5-6)12(9,10)11/h3-5H,1-2H3,(H,9,10,11)/p-1. The first kappa shape index (κ1) is 9.64. The van der Waals surface area contributed by atoms with E-state index in [-0.39, 0.29) is 4.90 Å². The fourth-order valence-corrected chi connectivity index (χ4v) is 2.33. The van der Waals surface area contributed by atoms with Crippen LogP contribution < -0.4 is 0 Å². The molecule has 1 rings (SSSR count). The monoisotopic (exact) mass is 201 g/mol. The van der Waals surface area contributed by atoms with Gasteiger partial charge in [0.2, 0.25) is 0 Å². The highest BCUT2D eigenvalue weighted by molar-refractivity contribution is 8.29. The number of benzene rings is 1. The highest BCUT2D eigenvalue weighted by Gasteiger charge is 2.01. The van der Waals surface area contributed by atoms with Crippen molar-refractivity contribution in [3.8, 4) is 0 Å². The Kier molecular flexibility index (Phi) is 2.51. The van der Waals surface area contributed by atoms with Crippen LogP contribution in [0.15, 0.2) is 23.1 Å². The van der Waals surface area contributed by atoms with Gasteiger partial charge in [-0.2, -0.15) is 0 Å². The summed E-state index contributed by atoms with van der Waals surface area (Å²) in [6, 6.07) is 5.10. The van der Waals surface area contributed by atoms with Crippen molar-refractivity contribution in [1.82, 2.24) is 0 Å². The van der Waals surface area contributed by atoms with Crippen molar-refractivity contribution in [3.05, 3.63) is 29.3 Å². The second-order valence-corrected chi connectivity index (χ2v) is 5.39. The highest BCUT2D eigenvalue weighted by Crippen LogP contribution is 2.15. The maximum atomic E-state index is 11.0. The third kappa shape index (κ3) is 2.03. The molecule has 66 valence electrons. The molecule has 0 saturated carbocycles. The summed E-state index contributed by atoms with van der Waals surface area (Å²) in [5.74, 6) is 0. The molecule has 4 heteroatoms. The van der Waals surface area contributed by atoms with E-state index >= 15 is 0 Å². The van der Waals surface area contributed by atoms with Gasteiger partial charge < -0.3 is 4.55 Å². The van der Waals surface area contributed by atoms with E-state index in [0.717, 1.165) is 5.56 Å². The lowest BCUT2D eigenvalue weighted by molar-refractivity contribution is 0.534. The van der Waals surface area contributed by atoms with E-state index in [2.05, 4.69) is 11.2 Å². The summed E-state index contributed by atoms with van der Waals surface area (Å²) in [6.07, 6.45) is 0. The van der Waals surface area contributed by atoms with Crippen molar-refractivity contribution in [2.75, 3.05) is 0 Å². The van der Waals surface area contributed by atoms with Crippen molar-refractivity contribution in [1.29, 1.82) is 0 Å². The number of hydrogen-bond acceptors (Lipinski definition) is 3. The van der Waals surface area contributed by atoms with Gasteiger partial charge in [0.15, 0.2) is 0 Å². The van der Waals surface area contributed by atoms with E-state index in [4.69, 9.17) is 0 Å². The average Bonchev–Trinajstić information content (AvgIpc) is 1.83. The molecule has 1 aromatic rings. The van der Waals surface area contributed by atoms with Gasteiger partial charge in [-0.25, -0.2) is 0 Å². The van der Waals surface area contributed by atoms with Gasteiger partial charge in [0, 0.05) is 4.90 Å². The molecule has 0 bridgehead atoms. The molecule has 0 amide bonds. The molecule has 0 radical (unpaired) electrons. The number of hydrogen-bond donors (Lipinski definition) is 0. The molecule has 0 N–H and O–H groups in total. The van der Waals surface area contributed by atoms with Crippen LogP contribution in [0, 0.1) is 13.8 Å². The van der Waals surface area contributed by atoms with Crippen molar-refractivity contribution < 1.29 is 8.76 Å². The van der Waals surface area contributed by atoms with Crippen molar-refractivity contribution in [2.45, 2.75) is 18.7 Å². The fourth-order valence-electron chi connectivity index (χ4n) is 1.08. The summed E-state index contributed by atoms with van der Waals surface area (Å²) < 4.78 is 22.0. The molecule has 1 aromatic carbocycles. The minimum atomic E-state index is -3.47. The van der Waals surface area contributed by atoms with E-state index in [1.165, 1.54) is 0 Å². The third-order valence-corrected chi connectivity index (χ3v) is 3.14. The largest absolute Gasteiger partial charge is 0.766 e. The zero-order valence-electron chi connectivity index (χ0n) is 6.87.